The minimum absolute atomic E-state index is 0.0669. The van der Waals surface area contributed by atoms with Gasteiger partial charge in [-0.25, -0.2) is 9.37 Å². The summed E-state index contributed by atoms with van der Waals surface area (Å²) in [5, 5.41) is 8.77. The number of carboxylic acids is 1. The van der Waals surface area contributed by atoms with Crippen LogP contribution in [0, 0.1) is 5.82 Å². The van der Waals surface area contributed by atoms with Gasteiger partial charge in [0.1, 0.15) is 11.3 Å². The minimum atomic E-state index is -0.900. The van der Waals surface area contributed by atoms with Crippen LogP contribution in [0.15, 0.2) is 46.9 Å². The fourth-order valence-electron chi connectivity index (χ4n) is 1.97. The summed E-state index contributed by atoms with van der Waals surface area (Å²) >= 11 is 0. The zero-order valence-electron chi connectivity index (χ0n) is 10.3. The Bertz CT molecular complexity index is 777. The van der Waals surface area contributed by atoms with Crippen molar-refractivity contribution in [1.29, 1.82) is 0 Å². The monoisotopic (exact) mass is 271 g/mol. The van der Waals surface area contributed by atoms with Gasteiger partial charge in [-0.15, -0.1) is 0 Å². The molecule has 0 unspecified atom stereocenters. The first-order chi connectivity index (χ1) is 9.61. The van der Waals surface area contributed by atoms with Crippen molar-refractivity contribution in [3.8, 4) is 11.5 Å². The number of carboxylic acid groups (broad SMARTS) is 1. The van der Waals surface area contributed by atoms with Crippen LogP contribution in [0.4, 0.5) is 4.39 Å². The Morgan fingerprint density at radius 2 is 1.95 bits per heavy atom. The van der Waals surface area contributed by atoms with Crippen molar-refractivity contribution in [2.75, 3.05) is 0 Å². The van der Waals surface area contributed by atoms with Crippen LogP contribution in [0.3, 0.4) is 0 Å². The van der Waals surface area contributed by atoms with E-state index in [4.69, 9.17) is 9.52 Å². The number of aromatic nitrogens is 1. The Labute approximate surface area is 113 Å². The lowest BCUT2D eigenvalue weighted by Gasteiger charge is -1.95. The Morgan fingerprint density at radius 1 is 1.20 bits per heavy atom. The lowest BCUT2D eigenvalue weighted by molar-refractivity contribution is -0.136. The van der Waals surface area contributed by atoms with Crippen LogP contribution in [0.5, 0.6) is 0 Å². The lowest BCUT2D eigenvalue weighted by atomic mass is 10.1. The molecule has 3 aromatic rings. The Balaban J connectivity index is 2.01. The van der Waals surface area contributed by atoms with Crippen molar-refractivity contribution >= 4 is 17.1 Å². The van der Waals surface area contributed by atoms with Crippen LogP contribution in [0.25, 0.3) is 22.6 Å². The maximum absolute atomic E-state index is 12.9. The van der Waals surface area contributed by atoms with Crippen molar-refractivity contribution in [1.82, 2.24) is 4.98 Å². The third-order valence-electron chi connectivity index (χ3n) is 2.90. The van der Waals surface area contributed by atoms with Gasteiger partial charge < -0.3 is 9.52 Å². The number of aliphatic carboxylic acids is 1. The number of halogens is 1. The molecule has 1 aromatic heterocycles. The highest BCUT2D eigenvalue weighted by molar-refractivity contribution is 5.79. The van der Waals surface area contributed by atoms with E-state index < -0.39 is 5.97 Å². The Hall–Kier alpha value is -2.69. The van der Waals surface area contributed by atoms with Crippen LogP contribution in [0.2, 0.25) is 0 Å². The molecule has 0 amide bonds. The molecule has 20 heavy (non-hydrogen) atoms. The van der Waals surface area contributed by atoms with Gasteiger partial charge in [-0.2, -0.15) is 0 Å². The third kappa shape index (κ3) is 2.38. The van der Waals surface area contributed by atoms with Crippen LogP contribution in [0.1, 0.15) is 5.56 Å². The number of benzene rings is 2. The molecule has 5 heteroatoms. The molecular formula is C15H10FNO3. The van der Waals surface area contributed by atoms with E-state index in [1.807, 2.05) is 0 Å². The van der Waals surface area contributed by atoms with Crippen molar-refractivity contribution in [2.24, 2.45) is 0 Å². The number of hydrogen-bond donors (Lipinski definition) is 1. The standard InChI is InChI=1S/C15H10FNO3/c16-11-4-2-10(3-5-11)15-17-12-6-1-9(8-14(18)19)7-13(12)20-15/h1-7H,8H2,(H,18,19). The zero-order chi connectivity index (χ0) is 14.1. The number of rotatable bonds is 3. The lowest BCUT2D eigenvalue weighted by Crippen LogP contribution is -1.99. The molecule has 0 aliphatic heterocycles. The predicted octanol–water partition coefficient (Wildman–Crippen LogP) is 3.26. The molecule has 0 saturated heterocycles. The second-order valence-electron chi connectivity index (χ2n) is 4.40. The van der Waals surface area contributed by atoms with Crippen molar-refractivity contribution in [3.05, 3.63) is 53.8 Å². The maximum atomic E-state index is 12.9. The van der Waals surface area contributed by atoms with E-state index in [-0.39, 0.29) is 12.2 Å². The van der Waals surface area contributed by atoms with E-state index in [1.54, 1.807) is 30.3 Å². The number of hydrogen-bond acceptors (Lipinski definition) is 3. The molecule has 0 spiro atoms. The van der Waals surface area contributed by atoms with Gasteiger partial charge in [0.15, 0.2) is 5.58 Å². The van der Waals surface area contributed by atoms with Crippen LogP contribution in [-0.4, -0.2) is 16.1 Å². The molecular weight excluding hydrogens is 261 g/mol. The van der Waals surface area contributed by atoms with Crippen molar-refractivity contribution in [2.45, 2.75) is 6.42 Å². The van der Waals surface area contributed by atoms with E-state index in [9.17, 15) is 9.18 Å². The van der Waals surface area contributed by atoms with E-state index in [2.05, 4.69) is 4.98 Å². The number of carbonyl (C=O) groups is 1. The average molecular weight is 271 g/mol. The summed E-state index contributed by atoms with van der Waals surface area (Å²) in [5.74, 6) is -0.844. The van der Waals surface area contributed by atoms with Crippen LogP contribution < -0.4 is 0 Å². The first-order valence-corrected chi connectivity index (χ1v) is 5.99. The van der Waals surface area contributed by atoms with Crippen LogP contribution in [-0.2, 0) is 11.2 Å². The SMILES string of the molecule is O=C(O)Cc1ccc2nc(-c3ccc(F)cc3)oc2c1. The molecule has 4 nitrogen and oxygen atoms in total. The molecule has 0 saturated carbocycles. The number of fused-ring (bicyclic) bond motifs is 1. The molecule has 0 atom stereocenters. The van der Waals surface area contributed by atoms with Gasteiger partial charge >= 0.3 is 5.97 Å². The fraction of sp³-hybridized carbons (Fsp3) is 0.0667. The first kappa shape index (κ1) is 12.3. The molecule has 0 fully saturated rings. The minimum Gasteiger partial charge on any atom is -0.481 e. The Morgan fingerprint density at radius 3 is 2.65 bits per heavy atom. The molecule has 0 radical (unpaired) electrons. The summed E-state index contributed by atoms with van der Waals surface area (Å²) in [5.41, 5.74) is 2.47. The summed E-state index contributed by atoms with van der Waals surface area (Å²) in [6.45, 7) is 0. The van der Waals surface area contributed by atoms with Crippen molar-refractivity contribution < 1.29 is 18.7 Å². The second-order valence-corrected chi connectivity index (χ2v) is 4.40. The molecule has 2 aromatic carbocycles. The van der Waals surface area contributed by atoms with Gasteiger partial charge in [-0.1, -0.05) is 6.07 Å². The van der Waals surface area contributed by atoms with Gasteiger partial charge in [0.2, 0.25) is 5.89 Å². The maximum Gasteiger partial charge on any atom is 0.307 e. The zero-order valence-corrected chi connectivity index (χ0v) is 10.3. The highest BCUT2D eigenvalue weighted by Crippen LogP contribution is 2.25. The van der Waals surface area contributed by atoms with E-state index in [1.165, 1.54) is 12.1 Å². The molecule has 3 rings (SSSR count). The van der Waals surface area contributed by atoms with E-state index in [0.29, 0.717) is 28.1 Å². The Kier molecular flexibility index (Phi) is 2.95. The summed E-state index contributed by atoms with van der Waals surface area (Å²) in [4.78, 5) is 15.0. The van der Waals surface area contributed by atoms with Gasteiger partial charge in [-0.05, 0) is 42.0 Å². The average Bonchev–Trinajstić information content (AvgIpc) is 2.81. The van der Waals surface area contributed by atoms with E-state index in [0.717, 1.165) is 0 Å². The molecule has 100 valence electrons. The largest absolute Gasteiger partial charge is 0.481 e. The summed E-state index contributed by atoms with van der Waals surface area (Å²) in [7, 11) is 0. The third-order valence-corrected chi connectivity index (χ3v) is 2.90. The van der Waals surface area contributed by atoms with E-state index >= 15 is 0 Å². The topological polar surface area (TPSA) is 63.3 Å². The quantitative estimate of drug-likeness (QED) is 0.794. The highest BCUT2D eigenvalue weighted by atomic mass is 19.1. The van der Waals surface area contributed by atoms with Gasteiger partial charge in [0, 0.05) is 5.56 Å². The molecule has 0 aliphatic carbocycles. The van der Waals surface area contributed by atoms with Gasteiger partial charge in [-0.3, -0.25) is 4.79 Å². The summed E-state index contributed by atoms with van der Waals surface area (Å²) in [6.07, 6.45) is -0.0669. The fourth-order valence-corrected chi connectivity index (χ4v) is 1.97. The van der Waals surface area contributed by atoms with Gasteiger partial charge in [0.05, 0.1) is 6.42 Å². The highest BCUT2D eigenvalue weighted by Gasteiger charge is 2.10. The van der Waals surface area contributed by atoms with Gasteiger partial charge in [0.25, 0.3) is 0 Å². The smallest absolute Gasteiger partial charge is 0.307 e. The predicted molar refractivity (Wildman–Crippen MR) is 70.7 cm³/mol. The summed E-state index contributed by atoms with van der Waals surface area (Å²) in [6, 6.07) is 10.9. The molecule has 0 bridgehead atoms. The van der Waals surface area contributed by atoms with Crippen molar-refractivity contribution in [3.63, 3.8) is 0 Å². The second kappa shape index (κ2) is 4.77. The molecule has 1 heterocycles. The number of oxazole rings is 1. The molecule has 1 N–H and O–H groups in total. The molecule has 0 aliphatic rings. The van der Waals surface area contributed by atoms with Crippen LogP contribution >= 0.6 is 0 Å². The normalized spacial score (nSPS) is 10.8. The number of nitrogens with zero attached hydrogens (tertiary/aromatic N) is 1. The first-order valence-electron chi connectivity index (χ1n) is 5.99. The summed E-state index contributed by atoms with van der Waals surface area (Å²) < 4.78 is 18.5.